The van der Waals surface area contributed by atoms with Crippen molar-refractivity contribution in [3.05, 3.63) is 41.3 Å². The summed E-state index contributed by atoms with van der Waals surface area (Å²) in [6.07, 6.45) is 1.54. The molecule has 0 bridgehead atoms. The molecule has 0 unspecified atom stereocenters. The van der Waals surface area contributed by atoms with Gasteiger partial charge in [0.25, 0.3) is 0 Å². The zero-order valence-corrected chi connectivity index (χ0v) is 10.6. The number of nitrogens with zero attached hydrogens (tertiary/aromatic N) is 2. The molecule has 2 N–H and O–H groups in total. The molecule has 0 amide bonds. The Bertz CT molecular complexity index is 582. The highest BCUT2D eigenvalue weighted by molar-refractivity contribution is 5.92. The number of nitrogen functional groups attached to an aromatic ring is 1. The first kappa shape index (κ1) is 12.2. The molecule has 0 atom stereocenters. The van der Waals surface area contributed by atoms with E-state index in [1.165, 1.54) is 13.4 Å². The summed E-state index contributed by atoms with van der Waals surface area (Å²) in [4.78, 5) is 15.5. The van der Waals surface area contributed by atoms with Crippen molar-refractivity contribution in [2.75, 3.05) is 12.8 Å². The lowest BCUT2D eigenvalue weighted by molar-refractivity contribution is 0.0596. The summed E-state index contributed by atoms with van der Waals surface area (Å²) in [5, 5.41) is 0. The molecule has 0 aliphatic carbocycles. The maximum absolute atomic E-state index is 11.5. The van der Waals surface area contributed by atoms with Crippen LogP contribution in [-0.4, -0.2) is 22.6 Å². The van der Waals surface area contributed by atoms with Crippen LogP contribution in [0.15, 0.2) is 24.5 Å². The van der Waals surface area contributed by atoms with E-state index >= 15 is 0 Å². The van der Waals surface area contributed by atoms with Gasteiger partial charge in [0.15, 0.2) is 5.69 Å². The van der Waals surface area contributed by atoms with E-state index in [0.717, 1.165) is 16.8 Å². The summed E-state index contributed by atoms with van der Waals surface area (Å²) in [5.41, 5.74) is 9.16. The van der Waals surface area contributed by atoms with Crippen molar-refractivity contribution in [1.82, 2.24) is 9.55 Å². The number of anilines is 1. The fourth-order valence-electron chi connectivity index (χ4n) is 1.98. The number of hydrogen-bond acceptors (Lipinski definition) is 4. The molecule has 5 nitrogen and oxygen atoms in total. The number of ether oxygens (including phenoxy) is 1. The average Bonchev–Trinajstić information content (AvgIpc) is 2.71. The molecule has 94 valence electrons. The van der Waals surface area contributed by atoms with Gasteiger partial charge in [-0.25, -0.2) is 9.78 Å². The third-order valence-electron chi connectivity index (χ3n) is 2.86. The molecule has 2 rings (SSSR count). The first-order valence-electron chi connectivity index (χ1n) is 5.54. The normalized spacial score (nSPS) is 10.4. The Hall–Kier alpha value is -2.30. The molecule has 0 spiro atoms. The van der Waals surface area contributed by atoms with Gasteiger partial charge in [-0.05, 0) is 25.0 Å². The quantitative estimate of drug-likeness (QED) is 0.820. The SMILES string of the molecule is COC(=O)c1ncn(-c2c(C)cccc2C)c1N. The molecular weight excluding hydrogens is 230 g/mol. The van der Waals surface area contributed by atoms with Gasteiger partial charge in [-0.1, -0.05) is 18.2 Å². The molecular formula is C13H15N3O2. The van der Waals surface area contributed by atoms with Crippen LogP contribution in [0, 0.1) is 13.8 Å². The number of rotatable bonds is 2. The number of carbonyl (C=O) groups is 1. The largest absolute Gasteiger partial charge is 0.464 e. The number of para-hydroxylation sites is 1. The number of aromatic nitrogens is 2. The van der Waals surface area contributed by atoms with Crippen molar-refractivity contribution in [2.45, 2.75) is 13.8 Å². The molecule has 1 heterocycles. The van der Waals surface area contributed by atoms with Gasteiger partial charge in [-0.2, -0.15) is 0 Å². The molecule has 0 aliphatic rings. The number of carbonyl (C=O) groups excluding carboxylic acids is 1. The second kappa shape index (κ2) is 4.52. The fraction of sp³-hybridized carbons (Fsp3) is 0.231. The first-order valence-corrected chi connectivity index (χ1v) is 5.54. The van der Waals surface area contributed by atoms with E-state index in [2.05, 4.69) is 9.72 Å². The summed E-state index contributed by atoms with van der Waals surface area (Å²) in [7, 11) is 1.31. The Kier molecular flexibility index (Phi) is 3.06. The van der Waals surface area contributed by atoms with Gasteiger partial charge in [0.1, 0.15) is 12.1 Å². The van der Waals surface area contributed by atoms with Gasteiger partial charge >= 0.3 is 5.97 Å². The molecule has 0 saturated carbocycles. The zero-order valence-electron chi connectivity index (χ0n) is 10.6. The van der Waals surface area contributed by atoms with Crippen LogP contribution in [0.25, 0.3) is 5.69 Å². The molecule has 5 heteroatoms. The molecule has 18 heavy (non-hydrogen) atoms. The minimum Gasteiger partial charge on any atom is -0.464 e. The van der Waals surface area contributed by atoms with Crippen LogP contribution in [0.3, 0.4) is 0 Å². The number of esters is 1. The van der Waals surface area contributed by atoms with E-state index in [1.807, 2.05) is 32.0 Å². The Morgan fingerprint density at radius 3 is 2.50 bits per heavy atom. The number of benzene rings is 1. The highest BCUT2D eigenvalue weighted by Gasteiger charge is 2.18. The Balaban J connectivity index is 2.60. The van der Waals surface area contributed by atoms with Crippen LogP contribution < -0.4 is 5.73 Å². The van der Waals surface area contributed by atoms with Crippen LogP contribution in [0.4, 0.5) is 5.82 Å². The topological polar surface area (TPSA) is 70.1 Å². The number of hydrogen-bond donors (Lipinski definition) is 1. The van der Waals surface area contributed by atoms with Crippen LogP contribution in [0.1, 0.15) is 21.6 Å². The molecule has 1 aromatic heterocycles. The highest BCUT2D eigenvalue weighted by Crippen LogP contribution is 2.23. The summed E-state index contributed by atoms with van der Waals surface area (Å²) in [6, 6.07) is 5.95. The maximum atomic E-state index is 11.5. The van der Waals surface area contributed by atoms with Crippen molar-refractivity contribution >= 4 is 11.8 Å². The molecule has 2 aromatic rings. The standard InChI is InChI=1S/C13H15N3O2/c1-8-5-4-6-9(2)11(8)16-7-15-10(12(16)14)13(17)18-3/h4-7H,14H2,1-3H3. The fourth-order valence-corrected chi connectivity index (χ4v) is 1.98. The van der Waals surface area contributed by atoms with Gasteiger partial charge in [-0.15, -0.1) is 0 Å². The number of nitrogens with two attached hydrogens (primary N) is 1. The Labute approximate surface area is 105 Å². The van der Waals surface area contributed by atoms with Crippen LogP contribution in [0.5, 0.6) is 0 Å². The third-order valence-corrected chi connectivity index (χ3v) is 2.86. The average molecular weight is 245 g/mol. The number of imidazole rings is 1. The van der Waals surface area contributed by atoms with Crippen molar-refractivity contribution in [3.8, 4) is 5.69 Å². The van der Waals surface area contributed by atoms with E-state index < -0.39 is 5.97 Å². The van der Waals surface area contributed by atoms with E-state index in [4.69, 9.17) is 5.73 Å². The number of methoxy groups -OCH3 is 1. The minimum atomic E-state index is -0.530. The van der Waals surface area contributed by atoms with E-state index in [0.29, 0.717) is 5.82 Å². The lowest BCUT2D eigenvalue weighted by atomic mass is 10.1. The second-order valence-electron chi connectivity index (χ2n) is 4.08. The summed E-state index contributed by atoms with van der Waals surface area (Å²) in [5.74, 6) is -0.239. The summed E-state index contributed by atoms with van der Waals surface area (Å²) >= 11 is 0. The predicted molar refractivity (Wildman–Crippen MR) is 68.8 cm³/mol. The first-order chi connectivity index (χ1) is 8.56. The molecule has 1 aromatic carbocycles. The predicted octanol–water partition coefficient (Wildman–Crippen LogP) is 1.86. The molecule has 0 radical (unpaired) electrons. The molecule has 0 fully saturated rings. The second-order valence-corrected chi connectivity index (χ2v) is 4.08. The molecule has 0 aliphatic heterocycles. The molecule has 0 saturated heterocycles. The number of aryl methyl sites for hydroxylation is 2. The lowest BCUT2D eigenvalue weighted by Crippen LogP contribution is -2.08. The monoisotopic (exact) mass is 245 g/mol. The maximum Gasteiger partial charge on any atom is 0.360 e. The summed E-state index contributed by atoms with van der Waals surface area (Å²) in [6.45, 7) is 3.97. The van der Waals surface area contributed by atoms with Crippen molar-refractivity contribution in [2.24, 2.45) is 0 Å². The van der Waals surface area contributed by atoms with Gasteiger partial charge in [0, 0.05) is 0 Å². The Morgan fingerprint density at radius 1 is 1.33 bits per heavy atom. The highest BCUT2D eigenvalue weighted by atomic mass is 16.5. The lowest BCUT2D eigenvalue weighted by Gasteiger charge is -2.12. The van der Waals surface area contributed by atoms with Crippen LogP contribution in [-0.2, 0) is 4.74 Å². The van der Waals surface area contributed by atoms with E-state index in [9.17, 15) is 4.79 Å². The zero-order chi connectivity index (χ0) is 13.3. The van der Waals surface area contributed by atoms with Crippen LogP contribution in [0.2, 0.25) is 0 Å². The third kappa shape index (κ3) is 1.84. The van der Waals surface area contributed by atoms with Crippen molar-refractivity contribution in [1.29, 1.82) is 0 Å². The van der Waals surface area contributed by atoms with Crippen molar-refractivity contribution in [3.63, 3.8) is 0 Å². The minimum absolute atomic E-state index is 0.139. The van der Waals surface area contributed by atoms with Gasteiger partial charge < -0.3 is 10.5 Å². The smallest absolute Gasteiger partial charge is 0.360 e. The Morgan fingerprint density at radius 2 is 1.94 bits per heavy atom. The van der Waals surface area contributed by atoms with Gasteiger partial charge in [-0.3, -0.25) is 4.57 Å². The summed E-state index contributed by atoms with van der Waals surface area (Å²) < 4.78 is 6.34. The van der Waals surface area contributed by atoms with E-state index in [-0.39, 0.29) is 5.69 Å². The van der Waals surface area contributed by atoms with Gasteiger partial charge in [0.05, 0.1) is 12.8 Å². The van der Waals surface area contributed by atoms with Gasteiger partial charge in [0.2, 0.25) is 0 Å². The van der Waals surface area contributed by atoms with Crippen LogP contribution >= 0.6 is 0 Å². The van der Waals surface area contributed by atoms with E-state index in [1.54, 1.807) is 4.57 Å². The van der Waals surface area contributed by atoms with Crippen molar-refractivity contribution < 1.29 is 9.53 Å².